The molecule has 0 saturated heterocycles. The molecule has 0 aromatic heterocycles. The van der Waals surface area contributed by atoms with Crippen LogP contribution in [-0.4, -0.2) is 26.0 Å². The van der Waals surface area contributed by atoms with Gasteiger partial charge in [0.1, 0.15) is 11.5 Å². The Morgan fingerprint density at radius 1 is 1.14 bits per heavy atom. The van der Waals surface area contributed by atoms with Gasteiger partial charge in [-0.25, -0.2) is 0 Å². The molecule has 1 aliphatic heterocycles. The van der Waals surface area contributed by atoms with E-state index in [9.17, 15) is 9.59 Å². The zero-order valence-corrected chi connectivity index (χ0v) is 16.8. The van der Waals surface area contributed by atoms with Crippen LogP contribution in [0.1, 0.15) is 59.6 Å². The molecule has 2 amide bonds. The van der Waals surface area contributed by atoms with Crippen molar-refractivity contribution < 1.29 is 19.1 Å². The Morgan fingerprint density at radius 2 is 1.90 bits per heavy atom. The Balaban J connectivity index is 1.54. The van der Waals surface area contributed by atoms with E-state index in [1.165, 1.54) is 0 Å². The Labute approximate surface area is 170 Å². The van der Waals surface area contributed by atoms with Gasteiger partial charge in [-0.2, -0.15) is 0 Å². The van der Waals surface area contributed by atoms with Crippen molar-refractivity contribution in [3.8, 4) is 11.5 Å². The molecular formula is C23H26N2O4. The molecule has 2 aromatic rings. The molecule has 0 bridgehead atoms. The van der Waals surface area contributed by atoms with Crippen molar-refractivity contribution in [3.05, 3.63) is 59.2 Å². The quantitative estimate of drug-likeness (QED) is 0.787. The first-order chi connectivity index (χ1) is 14.1. The minimum Gasteiger partial charge on any atom is -0.497 e. The van der Waals surface area contributed by atoms with E-state index in [0.29, 0.717) is 11.3 Å². The number of carbonyl (C=O) groups excluding carboxylic acids is 2. The maximum Gasteiger partial charge on any atom is 0.252 e. The first-order valence-electron chi connectivity index (χ1n) is 9.99. The highest BCUT2D eigenvalue weighted by atomic mass is 16.5. The summed E-state index contributed by atoms with van der Waals surface area (Å²) in [7, 11) is 3.22. The molecule has 152 valence electrons. The molecule has 4 rings (SSSR count). The van der Waals surface area contributed by atoms with Gasteiger partial charge in [0.2, 0.25) is 5.91 Å². The van der Waals surface area contributed by atoms with Gasteiger partial charge in [-0.15, -0.1) is 0 Å². The Bertz CT molecular complexity index is 934. The number of para-hydroxylation sites is 1. The molecule has 1 heterocycles. The molecule has 6 nitrogen and oxygen atoms in total. The highest BCUT2D eigenvalue weighted by molar-refractivity contribution is 6.00. The van der Waals surface area contributed by atoms with Crippen molar-refractivity contribution in [2.75, 3.05) is 14.2 Å². The molecule has 6 heteroatoms. The number of nitrogens with one attached hydrogen (secondary N) is 2. The Morgan fingerprint density at radius 3 is 2.62 bits per heavy atom. The number of ether oxygens (including phenoxy) is 2. The lowest BCUT2D eigenvalue weighted by Crippen LogP contribution is -2.45. The first kappa shape index (κ1) is 19.3. The highest BCUT2D eigenvalue weighted by Crippen LogP contribution is 2.43. The minimum atomic E-state index is -0.422. The molecule has 2 aliphatic rings. The topological polar surface area (TPSA) is 76.7 Å². The van der Waals surface area contributed by atoms with Crippen molar-refractivity contribution in [3.63, 3.8) is 0 Å². The summed E-state index contributed by atoms with van der Waals surface area (Å²) < 4.78 is 10.8. The molecule has 0 spiro atoms. The largest absolute Gasteiger partial charge is 0.497 e. The SMILES string of the molecule is COc1ccc2c(c1)C(=O)N[C@H]2CC(=O)NC1(c2ccccc2OC)CCCC1. The summed E-state index contributed by atoms with van der Waals surface area (Å²) >= 11 is 0. The van der Waals surface area contributed by atoms with Crippen molar-refractivity contribution in [1.82, 2.24) is 10.6 Å². The molecule has 1 atom stereocenters. The predicted octanol–water partition coefficient (Wildman–Crippen LogP) is 3.46. The third kappa shape index (κ3) is 3.55. The summed E-state index contributed by atoms with van der Waals surface area (Å²) in [5.41, 5.74) is 2.01. The van der Waals surface area contributed by atoms with Crippen molar-refractivity contribution in [2.24, 2.45) is 0 Å². The van der Waals surface area contributed by atoms with Gasteiger partial charge in [-0.3, -0.25) is 9.59 Å². The van der Waals surface area contributed by atoms with Gasteiger partial charge in [0.15, 0.2) is 0 Å². The van der Waals surface area contributed by atoms with E-state index in [1.807, 2.05) is 36.4 Å². The average Bonchev–Trinajstić information content (AvgIpc) is 3.33. The monoisotopic (exact) mass is 394 g/mol. The molecule has 0 unspecified atom stereocenters. The molecule has 1 aliphatic carbocycles. The second-order valence-electron chi connectivity index (χ2n) is 7.72. The molecule has 2 N–H and O–H groups in total. The molecule has 2 aromatic carbocycles. The molecular weight excluding hydrogens is 368 g/mol. The van der Waals surface area contributed by atoms with Crippen LogP contribution in [0.15, 0.2) is 42.5 Å². The Kier molecular flexibility index (Phi) is 5.18. The third-order valence-corrected chi connectivity index (χ3v) is 6.03. The standard InChI is InChI=1S/C23H26N2O4/c1-28-15-9-10-16-17(13-15)22(27)24-19(16)14-21(26)25-23(11-5-6-12-23)18-7-3-4-8-20(18)29-2/h3-4,7-10,13,19H,5-6,11-12,14H2,1-2H3,(H,24,27)(H,25,26)/t19-/m0/s1. The van der Waals surface area contributed by atoms with Crippen LogP contribution in [0.2, 0.25) is 0 Å². The van der Waals surface area contributed by atoms with Crippen LogP contribution in [0.25, 0.3) is 0 Å². The van der Waals surface area contributed by atoms with Crippen LogP contribution in [0.3, 0.4) is 0 Å². The van der Waals surface area contributed by atoms with E-state index in [4.69, 9.17) is 9.47 Å². The number of fused-ring (bicyclic) bond motifs is 1. The van der Waals surface area contributed by atoms with Gasteiger partial charge >= 0.3 is 0 Å². The lowest BCUT2D eigenvalue weighted by molar-refractivity contribution is -0.123. The smallest absolute Gasteiger partial charge is 0.252 e. The summed E-state index contributed by atoms with van der Waals surface area (Å²) in [6.07, 6.45) is 4.07. The van der Waals surface area contributed by atoms with E-state index < -0.39 is 5.54 Å². The molecule has 1 saturated carbocycles. The number of hydrogen-bond acceptors (Lipinski definition) is 4. The van der Waals surface area contributed by atoms with Crippen LogP contribution >= 0.6 is 0 Å². The molecule has 1 fully saturated rings. The number of amides is 2. The van der Waals surface area contributed by atoms with Crippen LogP contribution in [0.5, 0.6) is 11.5 Å². The van der Waals surface area contributed by atoms with Gasteiger partial charge in [-0.05, 0) is 36.6 Å². The van der Waals surface area contributed by atoms with E-state index >= 15 is 0 Å². The minimum absolute atomic E-state index is 0.0771. The maximum atomic E-state index is 13.0. The number of rotatable bonds is 6. The number of hydrogen-bond donors (Lipinski definition) is 2. The van der Waals surface area contributed by atoms with Gasteiger partial charge < -0.3 is 20.1 Å². The van der Waals surface area contributed by atoms with Gasteiger partial charge in [0.25, 0.3) is 5.91 Å². The Hall–Kier alpha value is -3.02. The van der Waals surface area contributed by atoms with Gasteiger partial charge in [0.05, 0.1) is 32.2 Å². The zero-order chi connectivity index (χ0) is 20.4. The number of methoxy groups -OCH3 is 2. The normalized spacial score (nSPS) is 19.4. The van der Waals surface area contributed by atoms with E-state index in [0.717, 1.165) is 42.6 Å². The van der Waals surface area contributed by atoms with Crippen LogP contribution in [0.4, 0.5) is 0 Å². The summed E-state index contributed by atoms with van der Waals surface area (Å²) in [4.78, 5) is 25.4. The van der Waals surface area contributed by atoms with Crippen molar-refractivity contribution >= 4 is 11.8 Å². The molecule has 0 radical (unpaired) electrons. The summed E-state index contributed by atoms with van der Waals surface area (Å²) in [5, 5.41) is 6.20. The van der Waals surface area contributed by atoms with Crippen LogP contribution < -0.4 is 20.1 Å². The average molecular weight is 394 g/mol. The third-order valence-electron chi connectivity index (χ3n) is 6.03. The van der Waals surface area contributed by atoms with E-state index in [2.05, 4.69) is 10.6 Å². The fourth-order valence-corrected chi connectivity index (χ4v) is 4.62. The van der Waals surface area contributed by atoms with Crippen molar-refractivity contribution in [1.29, 1.82) is 0 Å². The number of carbonyl (C=O) groups is 2. The second-order valence-corrected chi connectivity index (χ2v) is 7.72. The maximum absolute atomic E-state index is 13.0. The fraction of sp³-hybridized carbons (Fsp3) is 0.391. The first-order valence-corrected chi connectivity index (χ1v) is 9.99. The van der Waals surface area contributed by atoms with Crippen molar-refractivity contribution in [2.45, 2.75) is 43.7 Å². The van der Waals surface area contributed by atoms with E-state index in [-0.39, 0.29) is 24.3 Å². The lowest BCUT2D eigenvalue weighted by Gasteiger charge is -2.32. The van der Waals surface area contributed by atoms with E-state index in [1.54, 1.807) is 20.3 Å². The predicted molar refractivity (Wildman–Crippen MR) is 109 cm³/mol. The van der Waals surface area contributed by atoms with Gasteiger partial charge in [-0.1, -0.05) is 37.1 Å². The van der Waals surface area contributed by atoms with Gasteiger partial charge in [0, 0.05) is 11.1 Å². The zero-order valence-electron chi connectivity index (χ0n) is 16.8. The summed E-state index contributed by atoms with van der Waals surface area (Å²) in [5.74, 6) is 1.18. The van der Waals surface area contributed by atoms with Crippen LogP contribution in [-0.2, 0) is 10.3 Å². The molecule has 29 heavy (non-hydrogen) atoms. The second kappa shape index (κ2) is 7.78. The summed E-state index contributed by atoms with van der Waals surface area (Å²) in [6, 6.07) is 12.9. The number of benzene rings is 2. The highest BCUT2D eigenvalue weighted by Gasteiger charge is 2.40. The lowest BCUT2D eigenvalue weighted by atomic mass is 9.87. The summed E-state index contributed by atoms with van der Waals surface area (Å²) in [6.45, 7) is 0. The van der Waals surface area contributed by atoms with Crippen LogP contribution in [0, 0.1) is 0 Å². The fourth-order valence-electron chi connectivity index (χ4n) is 4.62.